The number of phenolic OH excluding ortho intramolecular Hbond substituents is 1. The number of nitrogens with zero attached hydrogens (tertiary/aromatic N) is 1. The Balaban J connectivity index is 1.37. The summed E-state index contributed by atoms with van der Waals surface area (Å²) in [4.78, 5) is 29.8. The van der Waals surface area contributed by atoms with Crippen molar-refractivity contribution in [3.8, 4) is 22.1 Å². The maximum atomic E-state index is 12.6. The average molecular weight is 515 g/mol. The van der Waals surface area contributed by atoms with E-state index in [4.69, 9.17) is 4.74 Å². The number of amides is 2. The first-order valence-corrected chi connectivity index (χ1v) is 12.7. The average Bonchev–Trinajstić information content (AvgIpc) is 3.63. The van der Waals surface area contributed by atoms with Gasteiger partial charge in [-0.2, -0.15) is 0 Å². The molecule has 1 aliphatic carbocycles. The number of carbonyl (C=O) groups is 2. The van der Waals surface area contributed by atoms with Crippen molar-refractivity contribution in [2.45, 2.75) is 32.4 Å². The summed E-state index contributed by atoms with van der Waals surface area (Å²) >= 11 is 1.18. The molecular weight excluding hydrogens is 488 g/mol. The van der Waals surface area contributed by atoms with Gasteiger partial charge in [-0.15, -0.1) is 0 Å². The van der Waals surface area contributed by atoms with E-state index in [9.17, 15) is 14.7 Å². The van der Waals surface area contributed by atoms with E-state index < -0.39 is 6.09 Å². The molecule has 3 aromatic carbocycles. The molecule has 5 rings (SSSR count). The lowest BCUT2D eigenvalue weighted by atomic mass is 10.1. The number of aromatic hydroxyl groups is 1. The largest absolute Gasteiger partial charge is 0.508 e. The minimum atomic E-state index is -0.603. The van der Waals surface area contributed by atoms with Gasteiger partial charge >= 0.3 is 6.09 Å². The highest BCUT2D eigenvalue weighted by atomic mass is 32.1. The van der Waals surface area contributed by atoms with Gasteiger partial charge in [-0.1, -0.05) is 47.7 Å². The van der Waals surface area contributed by atoms with Crippen molar-refractivity contribution in [1.82, 2.24) is 15.6 Å². The highest BCUT2D eigenvalue weighted by molar-refractivity contribution is 7.18. The quantitative estimate of drug-likeness (QED) is 0.238. The third-order valence-electron chi connectivity index (χ3n) is 5.86. The Labute approximate surface area is 218 Å². The number of aromatic nitrogens is 1. The zero-order valence-corrected chi connectivity index (χ0v) is 21.0. The third kappa shape index (κ3) is 6.25. The maximum Gasteiger partial charge on any atom is 0.413 e. The maximum absolute atomic E-state index is 12.6. The van der Waals surface area contributed by atoms with Crippen LogP contribution in [-0.2, 0) is 6.54 Å². The molecular formula is C28H26N4O4S. The number of carbonyl (C=O) groups excluding carboxylic acids is 2. The Hall–Kier alpha value is -4.37. The van der Waals surface area contributed by atoms with Gasteiger partial charge in [-0.3, -0.25) is 4.79 Å². The van der Waals surface area contributed by atoms with Crippen LogP contribution >= 0.6 is 11.3 Å². The molecule has 0 atom stereocenters. The molecule has 4 N–H and O–H groups in total. The molecule has 1 saturated carbocycles. The number of ether oxygens (including phenoxy) is 1. The summed E-state index contributed by atoms with van der Waals surface area (Å²) in [6.07, 6.45) is 1.43. The van der Waals surface area contributed by atoms with Crippen LogP contribution in [0.3, 0.4) is 0 Å². The van der Waals surface area contributed by atoms with Gasteiger partial charge in [0.15, 0.2) is 5.13 Å². The summed E-state index contributed by atoms with van der Waals surface area (Å²) in [6.45, 7) is 2.26. The fourth-order valence-electron chi connectivity index (χ4n) is 3.63. The predicted molar refractivity (Wildman–Crippen MR) is 143 cm³/mol. The Morgan fingerprint density at radius 2 is 1.81 bits per heavy atom. The molecule has 0 aliphatic heterocycles. The van der Waals surface area contributed by atoms with Crippen molar-refractivity contribution < 1.29 is 19.4 Å². The van der Waals surface area contributed by atoms with E-state index >= 15 is 0 Å². The van der Waals surface area contributed by atoms with Crippen LogP contribution in [-0.4, -0.2) is 28.1 Å². The third-order valence-corrected chi connectivity index (χ3v) is 6.70. The molecule has 2 amide bonds. The number of rotatable bonds is 8. The van der Waals surface area contributed by atoms with Crippen molar-refractivity contribution >= 4 is 34.2 Å². The zero-order valence-electron chi connectivity index (χ0n) is 20.2. The molecule has 0 saturated heterocycles. The van der Waals surface area contributed by atoms with E-state index in [1.165, 1.54) is 11.3 Å². The normalized spacial score (nSPS) is 12.6. The molecule has 1 heterocycles. The molecule has 8 nitrogen and oxygen atoms in total. The smallest absolute Gasteiger partial charge is 0.413 e. The summed E-state index contributed by atoms with van der Waals surface area (Å²) in [5.74, 6) is 0.0193. The topological polar surface area (TPSA) is 113 Å². The summed E-state index contributed by atoms with van der Waals surface area (Å²) < 4.78 is 5.65. The molecule has 0 bridgehead atoms. The molecule has 4 aromatic rings. The van der Waals surface area contributed by atoms with Crippen LogP contribution in [0.15, 0.2) is 72.8 Å². The van der Waals surface area contributed by atoms with Crippen LogP contribution in [0, 0.1) is 6.92 Å². The highest BCUT2D eigenvalue weighted by Gasteiger charge is 2.24. The predicted octanol–water partition coefficient (Wildman–Crippen LogP) is 5.75. The van der Waals surface area contributed by atoms with Crippen molar-refractivity contribution in [3.05, 3.63) is 89.5 Å². The number of aryl methyl sites for hydroxylation is 1. The zero-order chi connectivity index (χ0) is 25.8. The summed E-state index contributed by atoms with van der Waals surface area (Å²) in [5.41, 5.74) is 4.32. The number of benzene rings is 3. The van der Waals surface area contributed by atoms with Crippen molar-refractivity contribution in [2.24, 2.45) is 0 Å². The lowest BCUT2D eigenvalue weighted by Crippen LogP contribution is -2.26. The fraction of sp³-hybridized carbons (Fsp3) is 0.179. The van der Waals surface area contributed by atoms with Crippen LogP contribution in [0.4, 0.5) is 15.6 Å². The van der Waals surface area contributed by atoms with Gasteiger partial charge in [0.2, 0.25) is 5.06 Å². The van der Waals surface area contributed by atoms with Gasteiger partial charge in [-0.25, -0.2) is 9.78 Å². The first-order chi connectivity index (χ1) is 17.9. The molecule has 0 unspecified atom stereocenters. The SMILES string of the molecule is Cc1ccc(C(=O)NC2CC2)cc1Nc1nc(-c2ccc(O)cc2)c(OC(=O)NCc2ccccc2)s1. The molecule has 1 aromatic heterocycles. The Bertz CT molecular complexity index is 1420. The summed E-state index contributed by atoms with van der Waals surface area (Å²) in [6, 6.07) is 21.8. The molecule has 0 spiro atoms. The number of hydrogen-bond acceptors (Lipinski definition) is 7. The first kappa shape index (κ1) is 24.3. The molecule has 0 radical (unpaired) electrons. The number of anilines is 2. The number of hydrogen-bond donors (Lipinski definition) is 4. The molecule has 9 heteroatoms. The number of nitrogens with one attached hydrogen (secondary N) is 3. The van der Waals surface area contributed by atoms with Gasteiger partial charge in [0, 0.05) is 29.4 Å². The van der Waals surface area contributed by atoms with Crippen LogP contribution in [0.1, 0.15) is 34.3 Å². The molecule has 1 fully saturated rings. The van der Waals surface area contributed by atoms with Crippen molar-refractivity contribution in [3.63, 3.8) is 0 Å². The van der Waals surface area contributed by atoms with E-state index in [2.05, 4.69) is 20.9 Å². The second-order valence-electron chi connectivity index (χ2n) is 8.83. The van der Waals surface area contributed by atoms with Crippen LogP contribution in [0.2, 0.25) is 0 Å². The minimum Gasteiger partial charge on any atom is -0.508 e. The Kier molecular flexibility index (Phi) is 7.04. The molecule has 188 valence electrons. The van der Waals surface area contributed by atoms with Crippen LogP contribution in [0.25, 0.3) is 11.3 Å². The van der Waals surface area contributed by atoms with Crippen LogP contribution in [0.5, 0.6) is 10.8 Å². The van der Waals surface area contributed by atoms with E-state index in [-0.39, 0.29) is 17.7 Å². The van der Waals surface area contributed by atoms with E-state index in [1.807, 2.05) is 43.3 Å². The summed E-state index contributed by atoms with van der Waals surface area (Å²) in [7, 11) is 0. The molecule has 37 heavy (non-hydrogen) atoms. The fourth-order valence-corrected chi connectivity index (χ4v) is 4.48. The standard InChI is InChI=1S/C28H26N4O4S/c1-17-7-8-20(25(34)30-21-11-12-21)15-23(17)31-27-32-24(19-9-13-22(33)14-10-19)26(37-27)36-28(35)29-16-18-5-3-2-4-6-18/h2-10,13-15,21,33H,11-12,16H2,1H3,(H,29,35)(H,30,34)(H,31,32). The Morgan fingerprint density at radius 1 is 1.05 bits per heavy atom. The Morgan fingerprint density at radius 3 is 2.54 bits per heavy atom. The van der Waals surface area contributed by atoms with E-state index in [0.29, 0.717) is 33.6 Å². The lowest BCUT2D eigenvalue weighted by molar-refractivity contribution is 0.0951. The van der Waals surface area contributed by atoms with Crippen molar-refractivity contribution in [2.75, 3.05) is 5.32 Å². The highest BCUT2D eigenvalue weighted by Crippen LogP contribution is 2.40. The van der Waals surface area contributed by atoms with Gasteiger partial charge in [-0.05, 0) is 67.3 Å². The van der Waals surface area contributed by atoms with Gasteiger partial charge in [0.05, 0.1) is 0 Å². The number of phenols is 1. The monoisotopic (exact) mass is 514 g/mol. The molecule has 1 aliphatic rings. The second kappa shape index (κ2) is 10.7. The van der Waals surface area contributed by atoms with Gasteiger partial charge in [0.25, 0.3) is 5.91 Å². The van der Waals surface area contributed by atoms with Crippen molar-refractivity contribution in [1.29, 1.82) is 0 Å². The first-order valence-electron chi connectivity index (χ1n) is 11.9. The van der Waals surface area contributed by atoms with E-state index in [0.717, 1.165) is 29.7 Å². The number of thiazole rings is 1. The second-order valence-corrected chi connectivity index (χ2v) is 9.79. The summed E-state index contributed by atoms with van der Waals surface area (Å²) in [5, 5.41) is 19.5. The van der Waals surface area contributed by atoms with Gasteiger partial charge < -0.3 is 25.8 Å². The lowest BCUT2D eigenvalue weighted by Gasteiger charge is -2.10. The van der Waals surface area contributed by atoms with Gasteiger partial charge in [0.1, 0.15) is 11.4 Å². The minimum absolute atomic E-state index is 0.103. The van der Waals surface area contributed by atoms with Crippen LogP contribution < -0.4 is 20.7 Å². The van der Waals surface area contributed by atoms with E-state index in [1.54, 1.807) is 36.4 Å².